The number of hydrogen-bond acceptors (Lipinski definition) is 2. The quantitative estimate of drug-likeness (QED) is 0.570. The summed E-state index contributed by atoms with van der Waals surface area (Å²) < 4.78 is 0. The molecule has 0 unspecified atom stereocenters. The SMILES string of the molecule is CC(C)(C)c1ccc(/C=C/C(=O)c2cccs2)cc1. The van der Waals surface area contributed by atoms with Gasteiger partial charge in [0.15, 0.2) is 5.78 Å². The number of carbonyl (C=O) groups excluding carboxylic acids is 1. The van der Waals surface area contributed by atoms with E-state index in [2.05, 4.69) is 45.0 Å². The van der Waals surface area contributed by atoms with Gasteiger partial charge in [0.05, 0.1) is 4.88 Å². The Labute approximate surface area is 118 Å². The maximum atomic E-state index is 11.8. The zero-order valence-electron chi connectivity index (χ0n) is 11.5. The number of benzene rings is 1. The number of allylic oxidation sites excluding steroid dienone is 1. The molecule has 1 heterocycles. The van der Waals surface area contributed by atoms with Gasteiger partial charge in [0.1, 0.15) is 0 Å². The van der Waals surface area contributed by atoms with Crippen molar-refractivity contribution in [3.05, 3.63) is 63.9 Å². The first-order valence-corrected chi connectivity index (χ1v) is 7.21. The summed E-state index contributed by atoms with van der Waals surface area (Å²) in [6, 6.07) is 12.1. The Bertz CT molecular complexity index is 569. The molecule has 0 aliphatic heterocycles. The van der Waals surface area contributed by atoms with Crippen molar-refractivity contribution in [1.82, 2.24) is 0 Å². The average molecular weight is 270 g/mol. The van der Waals surface area contributed by atoms with Crippen LogP contribution in [0.3, 0.4) is 0 Å². The van der Waals surface area contributed by atoms with Crippen molar-refractivity contribution in [3.8, 4) is 0 Å². The molecule has 1 aromatic heterocycles. The topological polar surface area (TPSA) is 17.1 Å². The van der Waals surface area contributed by atoms with Gasteiger partial charge in [-0.05, 0) is 34.1 Å². The number of ketones is 1. The van der Waals surface area contributed by atoms with Crippen molar-refractivity contribution < 1.29 is 4.79 Å². The summed E-state index contributed by atoms with van der Waals surface area (Å²) in [4.78, 5) is 12.6. The Kier molecular flexibility index (Phi) is 4.01. The minimum absolute atomic E-state index is 0.0647. The van der Waals surface area contributed by atoms with E-state index in [9.17, 15) is 4.79 Å². The molecule has 19 heavy (non-hydrogen) atoms. The molecule has 0 bridgehead atoms. The molecule has 2 heteroatoms. The van der Waals surface area contributed by atoms with Gasteiger partial charge in [-0.3, -0.25) is 4.79 Å². The van der Waals surface area contributed by atoms with Gasteiger partial charge in [-0.25, -0.2) is 0 Å². The molecule has 0 spiro atoms. The van der Waals surface area contributed by atoms with Gasteiger partial charge in [-0.1, -0.05) is 57.2 Å². The summed E-state index contributed by atoms with van der Waals surface area (Å²) in [5, 5.41) is 1.92. The molecule has 0 atom stereocenters. The standard InChI is InChI=1S/C17H18OS/c1-17(2,3)14-9-6-13(7-10-14)8-11-15(18)16-5-4-12-19-16/h4-12H,1-3H3/b11-8+. The number of thiophene rings is 1. The summed E-state index contributed by atoms with van der Waals surface area (Å²) in [7, 11) is 0. The normalized spacial score (nSPS) is 11.9. The molecule has 98 valence electrons. The summed E-state index contributed by atoms with van der Waals surface area (Å²) in [5.74, 6) is 0.0647. The predicted molar refractivity (Wildman–Crippen MR) is 82.8 cm³/mol. The molecule has 0 saturated carbocycles. The number of carbonyl (C=O) groups is 1. The van der Waals surface area contributed by atoms with Crippen molar-refractivity contribution >= 4 is 23.2 Å². The molecule has 1 aromatic carbocycles. The largest absolute Gasteiger partial charge is 0.288 e. The molecule has 2 rings (SSSR count). The van der Waals surface area contributed by atoms with Crippen LogP contribution in [0.2, 0.25) is 0 Å². The Morgan fingerprint density at radius 2 is 1.79 bits per heavy atom. The second-order valence-electron chi connectivity index (χ2n) is 5.55. The van der Waals surface area contributed by atoms with Crippen LogP contribution in [0.4, 0.5) is 0 Å². The molecular formula is C17H18OS. The number of rotatable bonds is 3. The van der Waals surface area contributed by atoms with Crippen LogP contribution in [0.1, 0.15) is 41.6 Å². The molecule has 2 aromatic rings. The highest BCUT2D eigenvalue weighted by atomic mass is 32.1. The minimum Gasteiger partial charge on any atom is -0.288 e. The molecule has 0 radical (unpaired) electrons. The Morgan fingerprint density at radius 1 is 1.11 bits per heavy atom. The van der Waals surface area contributed by atoms with Crippen molar-refractivity contribution in [1.29, 1.82) is 0 Å². The van der Waals surface area contributed by atoms with E-state index in [0.29, 0.717) is 0 Å². The third-order valence-electron chi connectivity index (χ3n) is 2.97. The first-order valence-electron chi connectivity index (χ1n) is 6.33. The summed E-state index contributed by atoms with van der Waals surface area (Å²) in [6.45, 7) is 6.58. The second-order valence-corrected chi connectivity index (χ2v) is 6.49. The van der Waals surface area contributed by atoms with Crippen LogP contribution in [0.25, 0.3) is 6.08 Å². The van der Waals surface area contributed by atoms with E-state index >= 15 is 0 Å². The fraction of sp³-hybridized carbons (Fsp3) is 0.235. The highest BCUT2D eigenvalue weighted by Crippen LogP contribution is 2.22. The third-order valence-corrected chi connectivity index (χ3v) is 3.85. The van der Waals surface area contributed by atoms with Crippen LogP contribution in [0.15, 0.2) is 47.9 Å². The Balaban J connectivity index is 2.10. The van der Waals surface area contributed by atoms with E-state index in [-0.39, 0.29) is 11.2 Å². The molecule has 0 aliphatic rings. The van der Waals surface area contributed by atoms with Gasteiger partial charge in [0.2, 0.25) is 0 Å². The Hall–Kier alpha value is -1.67. The zero-order valence-corrected chi connectivity index (χ0v) is 12.3. The van der Waals surface area contributed by atoms with Crippen LogP contribution in [-0.2, 0) is 5.41 Å². The predicted octanol–water partition coefficient (Wildman–Crippen LogP) is 4.94. The van der Waals surface area contributed by atoms with Crippen molar-refractivity contribution in [2.45, 2.75) is 26.2 Å². The summed E-state index contributed by atoms with van der Waals surface area (Å²) >= 11 is 1.47. The third kappa shape index (κ3) is 3.65. The van der Waals surface area contributed by atoms with Gasteiger partial charge in [-0.15, -0.1) is 11.3 Å². The van der Waals surface area contributed by atoms with Crippen molar-refractivity contribution in [2.75, 3.05) is 0 Å². The lowest BCUT2D eigenvalue weighted by Gasteiger charge is -2.18. The van der Waals surface area contributed by atoms with Crippen LogP contribution in [-0.4, -0.2) is 5.78 Å². The van der Waals surface area contributed by atoms with Gasteiger partial charge < -0.3 is 0 Å². The van der Waals surface area contributed by atoms with E-state index in [0.717, 1.165) is 10.4 Å². The molecule has 1 nitrogen and oxygen atoms in total. The number of hydrogen-bond donors (Lipinski definition) is 0. The average Bonchev–Trinajstić information content (AvgIpc) is 2.89. The van der Waals surface area contributed by atoms with Gasteiger partial charge in [-0.2, -0.15) is 0 Å². The van der Waals surface area contributed by atoms with E-state index in [1.54, 1.807) is 6.08 Å². The van der Waals surface area contributed by atoms with Gasteiger partial charge in [0, 0.05) is 0 Å². The maximum Gasteiger partial charge on any atom is 0.195 e. The van der Waals surface area contributed by atoms with Gasteiger partial charge >= 0.3 is 0 Å². The first kappa shape index (κ1) is 13.8. The van der Waals surface area contributed by atoms with E-state index in [1.807, 2.05) is 23.6 Å². The van der Waals surface area contributed by atoms with Crippen LogP contribution >= 0.6 is 11.3 Å². The smallest absolute Gasteiger partial charge is 0.195 e. The second kappa shape index (κ2) is 5.54. The molecule has 0 fully saturated rings. The van der Waals surface area contributed by atoms with Crippen molar-refractivity contribution in [3.63, 3.8) is 0 Å². The monoisotopic (exact) mass is 270 g/mol. The van der Waals surface area contributed by atoms with E-state index < -0.39 is 0 Å². The fourth-order valence-electron chi connectivity index (χ4n) is 1.77. The molecule has 0 saturated heterocycles. The first-order chi connectivity index (χ1) is 8.97. The molecule has 0 aliphatic carbocycles. The lowest BCUT2D eigenvalue weighted by Crippen LogP contribution is -2.10. The van der Waals surface area contributed by atoms with Crippen LogP contribution in [0, 0.1) is 0 Å². The summed E-state index contributed by atoms with van der Waals surface area (Å²) in [6.07, 6.45) is 3.51. The molecule has 0 N–H and O–H groups in total. The van der Waals surface area contributed by atoms with Crippen LogP contribution < -0.4 is 0 Å². The summed E-state index contributed by atoms with van der Waals surface area (Å²) in [5.41, 5.74) is 2.52. The fourth-order valence-corrected chi connectivity index (χ4v) is 2.41. The lowest BCUT2D eigenvalue weighted by atomic mass is 9.87. The maximum absolute atomic E-state index is 11.8. The Morgan fingerprint density at radius 3 is 2.32 bits per heavy atom. The zero-order chi connectivity index (χ0) is 13.9. The highest BCUT2D eigenvalue weighted by Gasteiger charge is 2.12. The van der Waals surface area contributed by atoms with Crippen LogP contribution in [0.5, 0.6) is 0 Å². The van der Waals surface area contributed by atoms with E-state index in [4.69, 9.17) is 0 Å². The molecule has 0 amide bonds. The van der Waals surface area contributed by atoms with Gasteiger partial charge in [0.25, 0.3) is 0 Å². The molecular weight excluding hydrogens is 252 g/mol. The highest BCUT2D eigenvalue weighted by molar-refractivity contribution is 7.12. The minimum atomic E-state index is 0.0647. The van der Waals surface area contributed by atoms with Crippen molar-refractivity contribution in [2.24, 2.45) is 0 Å². The lowest BCUT2D eigenvalue weighted by molar-refractivity contribution is 0.105. The van der Waals surface area contributed by atoms with E-state index in [1.165, 1.54) is 16.9 Å².